The fraction of sp³-hybridized carbons (Fsp3) is 0.250. The molecular weight excluding hydrogens is 302 g/mol. The minimum absolute atomic E-state index is 0.257. The Morgan fingerprint density at radius 1 is 1.09 bits per heavy atom. The number of anilines is 1. The van der Waals surface area contributed by atoms with Crippen molar-refractivity contribution in [3.05, 3.63) is 48.5 Å². The van der Waals surface area contributed by atoms with Gasteiger partial charge in [-0.3, -0.25) is 0 Å². The topological polar surface area (TPSA) is 86.6 Å². The smallest absolute Gasteiger partial charge is 0.175 e. The van der Waals surface area contributed by atoms with Crippen LogP contribution in [0.3, 0.4) is 0 Å². The SMILES string of the molecule is CS(=O)(=O)c1ccc(-c2cccc(NCC(O)CO)c2)cc1. The van der Waals surface area contributed by atoms with Crippen molar-refractivity contribution in [2.24, 2.45) is 0 Å². The zero-order valence-corrected chi connectivity index (χ0v) is 13.0. The predicted octanol–water partition coefficient (Wildman–Crippen LogP) is 1.52. The van der Waals surface area contributed by atoms with Gasteiger partial charge in [-0.05, 0) is 35.4 Å². The number of aliphatic hydroxyl groups excluding tert-OH is 2. The molecule has 0 radical (unpaired) electrons. The number of benzene rings is 2. The Hall–Kier alpha value is -1.89. The van der Waals surface area contributed by atoms with Crippen LogP contribution in [0.1, 0.15) is 0 Å². The summed E-state index contributed by atoms with van der Waals surface area (Å²) in [5.41, 5.74) is 2.65. The Labute approximate surface area is 130 Å². The van der Waals surface area contributed by atoms with Crippen LogP contribution in [-0.4, -0.2) is 44.1 Å². The van der Waals surface area contributed by atoms with Crippen LogP contribution >= 0.6 is 0 Å². The van der Waals surface area contributed by atoms with Crippen LogP contribution in [0.2, 0.25) is 0 Å². The molecule has 0 aliphatic rings. The first-order chi connectivity index (χ1) is 10.4. The van der Waals surface area contributed by atoms with E-state index >= 15 is 0 Å². The number of hydrogen-bond donors (Lipinski definition) is 3. The molecule has 0 saturated carbocycles. The number of rotatable bonds is 6. The van der Waals surface area contributed by atoms with Gasteiger partial charge in [0.05, 0.1) is 17.6 Å². The largest absolute Gasteiger partial charge is 0.394 e. The molecule has 2 aromatic carbocycles. The summed E-state index contributed by atoms with van der Waals surface area (Å²) >= 11 is 0. The molecule has 2 aromatic rings. The van der Waals surface area contributed by atoms with E-state index in [9.17, 15) is 13.5 Å². The molecule has 3 N–H and O–H groups in total. The highest BCUT2D eigenvalue weighted by atomic mass is 32.2. The second-order valence-electron chi connectivity index (χ2n) is 5.09. The van der Waals surface area contributed by atoms with Crippen molar-refractivity contribution in [2.45, 2.75) is 11.0 Å². The molecule has 1 atom stereocenters. The van der Waals surface area contributed by atoms with Crippen LogP contribution in [0.25, 0.3) is 11.1 Å². The third-order valence-electron chi connectivity index (χ3n) is 3.23. The second-order valence-corrected chi connectivity index (χ2v) is 7.11. The van der Waals surface area contributed by atoms with Crippen molar-refractivity contribution in [3.8, 4) is 11.1 Å². The quantitative estimate of drug-likeness (QED) is 0.751. The molecule has 0 saturated heterocycles. The van der Waals surface area contributed by atoms with E-state index in [-0.39, 0.29) is 18.0 Å². The average Bonchev–Trinajstić information content (AvgIpc) is 2.52. The molecule has 0 aliphatic carbocycles. The highest BCUT2D eigenvalue weighted by Crippen LogP contribution is 2.24. The molecule has 0 spiro atoms. The van der Waals surface area contributed by atoms with Crippen LogP contribution in [0.15, 0.2) is 53.4 Å². The Morgan fingerprint density at radius 2 is 1.77 bits per heavy atom. The van der Waals surface area contributed by atoms with E-state index in [1.54, 1.807) is 24.3 Å². The number of sulfone groups is 1. The maximum absolute atomic E-state index is 11.5. The summed E-state index contributed by atoms with van der Waals surface area (Å²) in [5.74, 6) is 0. The van der Waals surface area contributed by atoms with Crippen LogP contribution in [0.5, 0.6) is 0 Å². The summed E-state index contributed by atoms with van der Waals surface area (Å²) in [6.45, 7) is -0.0351. The molecule has 0 heterocycles. The number of hydrogen-bond acceptors (Lipinski definition) is 5. The highest BCUT2D eigenvalue weighted by molar-refractivity contribution is 7.90. The summed E-state index contributed by atoms with van der Waals surface area (Å²) in [4.78, 5) is 0.289. The summed E-state index contributed by atoms with van der Waals surface area (Å²) in [6.07, 6.45) is 0.372. The van der Waals surface area contributed by atoms with Gasteiger partial charge in [-0.25, -0.2) is 8.42 Å². The summed E-state index contributed by atoms with van der Waals surface area (Å²) in [5, 5.41) is 21.2. The maximum atomic E-state index is 11.5. The van der Waals surface area contributed by atoms with Crippen molar-refractivity contribution < 1.29 is 18.6 Å². The van der Waals surface area contributed by atoms with Gasteiger partial charge >= 0.3 is 0 Å². The summed E-state index contributed by atoms with van der Waals surface area (Å²) < 4.78 is 22.9. The molecule has 1 unspecified atom stereocenters. The lowest BCUT2D eigenvalue weighted by atomic mass is 10.1. The molecule has 0 aliphatic heterocycles. The molecule has 5 nitrogen and oxygen atoms in total. The zero-order chi connectivity index (χ0) is 16.2. The molecule has 0 amide bonds. The Kier molecular flexibility index (Phi) is 5.18. The van der Waals surface area contributed by atoms with Gasteiger partial charge in [-0.15, -0.1) is 0 Å². The average molecular weight is 321 g/mol. The molecule has 0 bridgehead atoms. The van der Waals surface area contributed by atoms with Gasteiger partial charge in [0, 0.05) is 18.5 Å². The lowest BCUT2D eigenvalue weighted by molar-refractivity contribution is 0.105. The monoisotopic (exact) mass is 321 g/mol. The van der Waals surface area contributed by atoms with Crippen molar-refractivity contribution in [3.63, 3.8) is 0 Å². The number of aliphatic hydroxyl groups is 2. The maximum Gasteiger partial charge on any atom is 0.175 e. The lowest BCUT2D eigenvalue weighted by Gasteiger charge is -2.11. The molecule has 6 heteroatoms. The minimum atomic E-state index is -3.19. The third kappa shape index (κ3) is 4.30. The molecular formula is C16H19NO4S. The first-order valence-electron chi connectivity index (χ1n) is 6.83. The minimum Gasteiger partial charge on any atom is -0.394 e. The van der Waals surface area contributed by atoms with E-state index in [2.05, 4.69) is 5.32 Å². The van der Waals surface area contributed by atoms with Gasteiger partial charge in [-0.2, -0.15) is 0 Å². The van der Waals surface area contributed by atoms with Gasteiger partial charge in [0.1, 0.15) is 0 Å². The van der Waals surface area contributed by atoms with E-state index in [0.29, 0.717) is 0 Å². The molecule has 118 valence electrons. The van der Waals surface area contributed by atoms with Crippen molar-refractivity contribution in [2.75, 3.05) is 24.7 Å². The zero-order valence-electron chi connectivity index (χ0n) is 12.2. The summed E-state index contributed by atoms with van der Waals surface area (Å²) in [6, 6.07) is 14.2. The van der Waals surface area contributed by atoms with Gasteiger partial charge in [0.2, 0.25) is 0 Å². The van der Waals surface area contributed by atoms with Crippen molar-refractivity contribution in [1.82, 2.24) is 0 Å². The van der Waals surface area contributed by atoms with Crippen LogP contribution < -0.4 is 5.32 Å². The summed E-state index contributed by atoms with van der Waals surface area (Å²) in [7, 11) is -3.19. The van der Waals surface area contributed by atoms with Crippen LogP contribution in [0.4, 0.5) is 5.69 Å². The van der Waals surface area contributed by atoms with Crippen molar-refractivity contribution >= 4 is 15.5 Å². The molecule has 2 rings (SSSR count). The molecule has 0 fully saturated rings. The van der Waals surface area contributed by atoms with E-state index in [1.807, 2.05) is 24.3 Å². The van der Waals surface area contributed by atoms with Crippen LogP contribution in [0, 0.1) is 0 Å². The van der Waals surface area contributed by atoms with E-state index in [0.717, 1.165) is 16.8 Å². The standard InChI is InChI=1S/C16H19NO4S/c1-22(20,21)16-7-5-12(6-8-16)13-3-2-4-14(9-13)17-10-15(19)11-18/h2-9,15,17-19H,10-11H2,1H3. The Bertz CT molecular complexity index is 726. The second kappa shape index (κ2) is 6.91. The normalized spacial score (nSPS) is 12.9. The predicted molar refractivity (Wildman–Crippen MR) is 86.6 cm³/mol. The third-order valence-corrected chi connectivity index (χ3v) is 4.36. The fourth-order valence-electron chi connectivity index (χ4n) is 2.00. The van der Waals surface area contributed by atoms with E-state index in [1.165, 1.54) is 6.26 Å². The lowest BCUT2D eigenvalue weighted by Crippen LogP contribution is -2.22. The van der Waals surface area contributed by atoms with E-state index in [4.69, 9.17) is 5.11 Å². The molecule has 0 aromatic heterocycles. The van der Waals surface area contributed by atoms with Gasteiger partial charge < -0.3 is 15.5 Å². The Balaban J connectivity index is 2.19. The Morgan fingerprint density at radius 3 is 2.36 bits per heavy atom. The first-order valence-corrected chi connectivity index (χ1v) is 8.72. The molecule has 22 heavy (non-hydrogen) atoms. The highest BCUT2D eigenvalue weighted by Gasteiger charge is 2.07. The van der Waals surface area contributed by atoms with Gasteiger partial charge in [0.25, 0.3) is 0 Å². The fourth-order valence-corrected chi connectivity index (χ4v) is 2.63. The van der Waals surface area contributed by atoms with Gasteiger partial charge in [0.15, 0.2) is 9.84 Å². The van der Waals surface area contributed by atoms with Crippen molar-refractivity contribution in [1.29, 1.82) is 0 Å². The first kappa shape index (κ1) is 16.5. The van der Waals surface area contributed by atoms with E-state index < -0.39 is 15.9 Å². The van der Waals surface area contributed by atoms with Gasteiger partial charge in [-0.1, -0.05) is 24.3 Å². The van der Waals surface area contributed by atoms with Crippen LogP contribution in [-0.2, 0) is 9.84 Å². The number of nitrogens with one attached hydrogen (secondary N) is 1.